The second kappa shape index (κ2) is 6.95. The van der Waals surface area contributed by atoms with E-state index >= 15 is 0 Å². The molecule has 0 saturated heterocycles. The van der Waals surface area contributed by atoms with Crippen LogP contribution in [0.5, 0.6) is 0 Å². The van der Waals surface area contributed by atoms with E-state index in [9.17, 15) is 14.9 Å². The normalized spacial score (nSPS) is 10.6. The van der Waals surface area contributed by atoms with Crippen LogP contribution in [0.3, 0.4) is 0 Å². The van der Waals surface area contributed by atoms with Crippen molar-refractivity contribution in [2.75, 3.05) is 0 Å². The van der Waals surface area contributed by atoms with Gasteiger partial charge in [-0.15, -0.1) is 0 Å². The van der Waals surface area contributed by atoms with E-state index in [2.05, 4.69) is 26.5 Å². The Bertz CT molecular complexity index is 759. The summed E-state index contributed by atoms with van der Waals surface area (Å²) in [5, 5.41) is 14.7. The Hall–Kier alpha value is -2.54. The van der Waals surface area contributed by atoms with Crippen LogP contribution in [0.4, 0.5) is 5.69 Å². The number of benzene rings is 2. The second-order valence-corrected chi connectivity index (χ2v) is 5.38. The van der Waals surface area contributed by atoms with Crippen molar-refractivity contribution in [1.82, 2.24) is 5.43 Å². The zero-order valence-electron chi connectivity index (χ0n) is 11.6. The predicted molar refractivity (Wildman–Crippen MR) is 87.0 cm³/mol. The number of nitro groups is 1. The summed E-state index contributed by atoms with van der Waals surface area (Å²) in [7, 11) is 0. The Morgan fingerprint density at radius 1 is 1.32 bits per heavy atom. The first kappa shape index (κ1) is 15.8. The highest BCUT2D eigenvalue weighted by atomic mass is 79.9. The summed E-state index contributed by atoms with van der Waals surface area (Å²) in [6, 6.07) is 11.7. The van der Waals surface area contributed by atoms with Crippen molar-refractivity contribution in [2.24, 2.45) is 5.10 Å². The van der Waals surface area contributed by atoms with Gasteiger partial charge in [0.25, 0.3) is 11.6 Å². The quantitative estimate of drug-likeness (QED) is 0.514. The van der Waals surface area contributed by atoms with Crippen LogP contribution in [0.1, 0.15) is 21.5 Å². The van der Waals surface area contributed by atoms with Gasteiger partial charge in [0.05, 0.1) is 16.7 Å². The standard InChI is InChI=1S/C15H12BrN3O3/c1-10-13(6-3-7-14(10)19(21)22)15(20)18-17-9-11-4-2-5-12(16)8-11/h2-9H,1H3,(H,18,20)/b17-9-. The van der Waals surface area contributed by atoms with Crippen LogP contribution in [-0.2, 0) is 0 Å². The van der Waals surface area contributed by atoms with Gasteiger partial charge in [-0.3, -0.25) is 14.9 Å². The molecule has 22 heavy (non-hydrogen) atoms. The number of nitrogens with one attached hydrogen (secondary N) is 1. The topological polar surface area (TPSA) is 84.6 Å². The fraction of sp³-hybridized carbons (Fsp3) is 0.0667. The molecule has 0 spiro atoms. The molecule has 7 heteroatoms. The van der Waals surface area contributed by atoms with E-state index in [0.29, 0.717) is 5.56 Å². The molecule has 0 aromatic heterocycles. The molecule has 0 aliphatic rings. The summed E-state index contributed by atoms with van der Waals surface area (Å²) < 4.78 is 0.900. The SMILES string of the molecule is Cc1c(C(=O)N/N=C\c2cccc(Br)c2)cccc1[N+](=O)[O-]. The average molecular weight is 362 g/mol. The Labute approximate surface area is 135 Å². The molecular weight excluding hydrogens is 350 g/mol. The molecule has 0 fully saturated rings. The lowest BCUT2D eigenvalue weighted by Crippen LogP contribution is -2.19. The molecule has 0 aliphatic carbocycles. The number of carbonyl (C=O) groups excluding carboxylic acids is 1. The van der Waals surface area contributed by atoms with Crippen LogP contribution in [-0.4, -0.2) is 17.0 Å². The molecule has 0 heterocycles. The van der Waals surface area contributed by atoms with Gasteiger partial charge in [-0.2, -0.15) is 5.10 Å². The molecule has 0 unspecified atom stereocenters. The third kappa shape index (κ3) is 3.76. The first-order valence-corrected chi connectivity index (χ1v) is 7.11. The summed E-state index contributed by atoms with van der Waals surface area (Å²) in [5.74, 6) is -0.493. The Morgan fingerprint density at radius 2 is 2.05 bits per heavy atom. The van der Waals surface area contributed by atoms with Gasteiger partial charge < -0.3 is 0 Å². The zero-order chi connectivity index (χ0) is 16.1. The lowest BCUT2D eigenvalue weighted by molar-refractivity contribution is -0.385. The van der Waals surface area contributed by atoms with Crippen molar-refractivity contribution in [1.29, 1.82) is 0 Å². The van der Waals surface area contributed by atoms with E-state index in [-0.39, 0.29) is 11.3 Å². The van der Waals surface area contributed by atoms with Crippen molar-refractivity contribution < 1.29 is 9.72 Å². The van der Waals surface area contributed by atoms with Crippen molar-refractivity contribution >= 4 is 33.7 Å². The number of amides is 1. The molecule has 2 rings (SSSR count). The van der Waals surface area contributed by atoms with E-state index < -0.39 is 10.8 Å². The van der Waals surface area contributed by atoms with Crippen molar-refractivity contribution in [3.63, 3.8) is 0 Å². The summed E-state index contributed by atoms with van der Waals surface area (Å²) in [5.41, 5.74) is 3.61. The van der Waals surface area contributed by atoms with Crippen LogP contribution in [0.2, 0.25) is 0 Å². The minimum absolute atomic E-state index is 0.0939. The number of carbonyl (C=O) groups is 1. The van der Waals surface area contributed by atoms with Crippen molar-refractivity contribution in [3.05, 3.63) is 73.7 Å². The molecule has 1 amide bonds. The fourth-order valence-corrected chi connectivity index (χ4v) is 2.30. The van der Waals surface area contributed by atoms with Gasteiger partial charge in [0, 0.05) is 16.1 Å². The lowest BCUT2D eigenvalue weighted by atomic mass is 10.1. The van der Waals surface area contributed by atoms with E-state index in [0.717, 1.165) is 10.0 Å². The number of hydrogen-bond donors (Lipinski definition) is 1. The second-order valence-electron chi connectivity index (χ2n) is 4.46. The summed E-state index contributed by atoms with van der Waals surface area (Å²) in [4.78, 5) is 22.4. The number of nitro benzene ring substituents is 1. The van der Waals surface area contributed by atoms with Crippen LogP contribution in [0.25, 0.3) is 0 Å². The minimum Gasteiger partial charge on any atom is -0.267 e. The van der Waals surface area contributed by atoms with Crippen LogP contribution in [0, 0.1) is 17.0 Å². The summed E-state index contributed by atoms with van der Waals surface area (Å²) in [6.07, 6.45) is 1.50. The lowest BCUT2D eigenvalue weighted by Gasteiger charge is -2.04. The molecule has 6 nitrogen and oxygen atoms in total. The maximum absolute atomic E-state index is 12.0. The third-order valence-electron chi connectivity index (χ3n) is 2.97. The molecule has 2 aromatic carbocycles. The van der Waals surface area contributed by atoms with Gasteiger partial charge in [0.15, 0.2) is 0 Å². The van der Waals surface area contributed by atoms with Gasteiger partial charge in [-0.05, 0) is 30.7 Å². The predicted octanol–water partition coefficient (Wildman–Crippen LogP) is 3.43. The summed E-state index contributed by atoms with van der Waals surface area (Å²) in [6.45, 7) is 1.53. The smallest absolute Gasteiger partial charge is 0.267 e. The van der Waals surface area contributed by atoms with Gasteiger partial charge in [-0.1, -0.05) is 34.1 Å². The largest absolute Gasteiger partial charge is 0.273 e. The van der Waals surface area contributed by atoms with Gasteiger partial charge in [0.2, 0.25) is 0 Å². The van der Waals surface area contributed by atoms with E-state index in [1.54, 1.807) is 0 Å². The van der Waals surface area contributed by atoms with Crippen LogP contribution < -0.4 is 5.43 Å². The number of nitrogens with zero attached hydrogens (tertiary/aromatic N) is 2. The number of halogens is 1. The van der Waals surface area contributed by atoms with E-state index in [1.165, 1.54) is 31.3 Å². The van der Waals surface area contributed by atoms with Gasteiger partial charge in [-0.25, -0.2) is 5.43 Å². The van der Waals surface area contributed by atoms with E-state index in [4.69, 9.17) is 0 Å². The van der Waals surface area contributed by atoms with E-state index in [1.807, 2.05) is 24.3 Å². The molecule has 0 saturated carbocycles. The Morgan fingerprint density at radius 3 is 2.73 bits per heavy atom. The molecule has 0 aliphatic heterocycles. The maximum atomic E-state index is 12.0. The highest BCUT2D eigenvalue weighted by molar-refractivity contribution is 9.10. The van der Waals surface area contributed by atoms with Crippen molar-refractivity contribution in [2.45, 2.75) is 6.92 Å². The van der Waals surface area contributed by atoms with Gasteiger partial charge in [0.1, 0.15) is 0 Å². The average Bonchev–Trinajstić information content (AvgIpc) is 2.47. The molecule has 0 radical (unpaired) electrons. The molecule has 1 N–H and O–H groups in total. The monoisotopic (exact) mass is 361 g/mol. The van der Waals surface area contributed by atoms with Crippen LogP contribution in [0.15, 0.2) is 52.0 Å². The third-order valence-corrected chi connectivity index (χ3v) is 3.47. The number of rotatable bonds is 4. The summed E-state index contributed by atoms with van der Waals surface area (Å²) >= 11 is 3.34. The molecule has 112 valence electrons. The highest BCUT2D eigenvalue weighted by Gasteiger charge is 2.17. The molecule has 2 aromatic rings. The van der Waals surface area contributed by atoms with Gasteiger partial charge >= 0.3 is 0 Å². The maximum Gasteiger partial charge on any atom is 0.273 e. The number of hydrogen-bond acceptors (Lipinski definition) is 4. The first-order chi connectivity index (χ1) is 10.5. The Kier molecular flexibility index (Phi) is 5.00. The zero-order valence-corrected chi connectivity index (χ0v) is 13.2. The van der Waals surface area contributed by atoms with Crippen LogP contribution >= 0.6 is 15.9 Å². The molecule has 0 atom stereocenters. The fourth-order valence-electron chi connectivity index (χ4n) is 1.88. The number of hydrazone groups is 1. The van der Waals surface area contributed by atoms with Crippen molar-refractivity contribution in [3.8, 4) is 0 Å². The Balaban J connectivity index is 2.13. The minimum atomic E-state index is -0.517. The first-order valence-electron chi connectivity index (χ1n) is 6.32. The molecule has 0 bridgehead atoms. The highest BCUT2D eigenvalue weighted by Crippen LogP contribution is 2.20. The molecular formula is C15H12BrN3O3.